The Labute approximate surface area is 161 Å². The van der Waals surface area contributed by atoms with Gasteiger partial charge in [0.05, 0.1) is 9.90 Å². The second-order valence-corrected chi connectivity index (χ2v) is 7.66. The average molecular weight is 410 g/mol. The minimum absolute atomic E-state index is 0.156. The van der Waals surface area contributed by atoms with Crippen LogP contribution >= 0.6 is 34.7 Å². The second-order valence-electron chi connectivity index (χ2n) is 5.36. The number of aliphatic carboxylic acids is 1. The van der Waals surface area contributed by atoms with Crippen molar-refractivity contribution in [3.63, 3.8) is 0 Å². The first kappa shape index (κ1) is 17.2. The first-order chi connectivity index (χ1) is 12.6. The zero-order valence-electron chi connectivity index (χ0n) is 13.2. The summed E-state index contributed by atoms with van der Waals surface area (Å²) in [6.45, 7) is -0.0484. The summed E-state index contributed by atoms with van der Waals surface area (Å²) >= 11 is 9.08. The Hall–Kier alpha value is -2.23. The molecule has 0 bridgehead atoms. The predicted molar refractivity (Wildman–Crippen MR) is 98.1 cm³/mol. The van der Waals surface area contributed by atoms with Crippen molar-refractivity contribution in [2.75, 3.05) is 6.79 Å². The number of ether oxygens (including phenoxy) is 2. The average Bonchev–Trinajstić information content (AvgIpc) is 3.33. The van der Waals surface area contributed by atoms with E-state index in [0.29, 0.717) is 33.3 Å². The van der Waals surface area contributed by atoms with Crippen molar-refractivity contribution >= 4 is 40.7 Å². The lowest BCUT2D eigenvalue weighted by Crippen LogP contribution is -2.11. The number of benzene rings is 1. The summed E-state index contributed by atoms with van der Waals surface area (Å²) in [5, 5.41) is 20.5. The molecule has 0 saturated heterocycles. The number of rotatable bonds is 6. The zero-order valence-corrected chi connectivity index (χ0v) is 15.6. The van der Waals surface area contributed by atoms with E-state index in [0.717, 1.165) is 10.4 Å². The first-order valence-corrected chi connectivity index (χ1v) is 9.76. The molecule has 0 radical (unpaired) electrons. The molecule has 1 aliphatic heterocycles. The van der Waals surface area contributed by atoms with Gasteiger partial charge in [-0.25, -0.2) is 0 Å². The van der Waals surface area contributed by atoms with Crippen molar-refractivity contribution in [2.45, 2.75) is 17.5 Å². The molecule has 0 unspecified atom stereocenters. The van der Waals surface area contributed by atoms with E-state index in [1.807, 2.05) is 23.6 Å². The molecule has 1 aliphatic rings. The Balaban J connectivity index is 1.59. The Morgan fingerprint density at radius 1 is 1.38 bits per heavy atom. The van der Waals surface area contributed by atoms with E-state index in [-0.39, 0.29) is 13.3 Å². The number of carbonyl (C=O) groups is 1. The molecule has 7 nitrogen and oxygen atoms in total. The molecule has 0 aliphatic carbocycles. The van der Waals surface area contributed by atoms with E-state index < -0.39 is 5.97 Å². The minimum atomic E-state index is -0.949. The van der Waals surface area contributed by atoms with Gasteiger partial charge in [0.25, 0.3) is 0 Å². The fourth-order valence-corrected chi connectivity index (χ4v) is 4.39. The van der Waals surface area contributed by atoms with Gasteiger partial charge < -0.3 is 14.6 Å². The van der Waals surface area contributed by atoms with Crippen molar-refractivity contribution in [1.82, 2.24) is 14.8 Å². The van der Waals surface area contributed by atoms with Crippen molar-refractivity contribution in [1.29, 1.82) is 0 Å². The second kappa shape index (κ2) is 7.18. The molecule has 1 aromatic carbocycles. The van der Waals surface area contributed by atoms with Crippen molar-refractivity contribution in [3.8, 4) is 22.2 Å². The summed E-state index contributed by atoms with van der Waals surface area (Å²) in [5.74, 6) is 1.30. The number of nitrogens with zero attached hydrogens (tertiary/aromatic N) is 3. The highest BCUT2D eigenvalue weighted by molar-refractivity contribution is 7.98. The summed E-state index contributed by atoms with van der Waals surface area (Å²) in [5.41, 5.74) is 0.923. The van der Waals surface area contributed by atoms with Crippen LogP contribution in [0.4, 0.5) is 0 Å². The van der Waals surface area contributed by atoms with Crippen LogP contribution in [0.25, 0.3) is 10.7 Å². The van der Waals surface area contributed by atoms with E-state index in [9.17, 15) is 9.90 Å². The number of thioether (sulfide) groups is 1. The molecule has 10 heteroatoms. The lowest BCUT2D eigenvalue weighted by atomic mass is 10.2. The van der Waals surface area contributed by atoms with Crippen LogP contribution in [0, 0.1) is 0 Å². The van der Waals surface area contributed by atoms with E-state index in [1.165, 1.54) is 23.1 Å². The molecule has 26 heavy (non-hydrogen) atoms. The third kappa shape index (κ3) is 3.37. The number of hydrogen-bond acceptors (Lipinski definition) is 7. The normalized spacial score (nSPS) is 12.5. The minimum Gasteiger partial charge on any atom is -0.480 e. The summed E-state index contributed by atoms with van der Waals surface area (Å²) in [6.07, 6.45) is 0. The fraction of sp³-hybridized carbons (Fsp3) is 0.188. The highest BCUT2D eigenvalue weighted by atomic mass is 35.5. The van der Waals surface area contributed by atoms with Crippen LogP contribution < -0.4 is 9.47 Å². The number of thiophene rings is 1. The molecule has 0 spiro atoms. The maximum atomic E-state index is 11.3. The van der Waals surface area contributed by atoms with Crippen LogP contribution in [-0.2, 0) is 17.1 Å². The van der Waals surface area contributed by atoms with Crippen molar-refractivity contribution in [2.24, 2.45) is 0 Å². The monoisotopic (exact) mass is 409 g/mol. The van der Waals surface area contributed by atoms with Crippen LogP contribution in [0.2, 0.25) is 5.02 Å². The third-order valence-corrected chi connectivity index (χ3v) is 5.79. The maximum Gasteiger partial charge on any atom is 0.323 e. The van der Waals surface area contributed by atoms with E-state index in [4.69, 9.17) is 21.1 Å². The summed E-state index contributed by atoms with van der Waals surface area (Å²) in [4.78, 5) is 12.1. The molecule has 134 valence electrons. The molecule has 1 N–H and O–H groups in total. The number of halogens is 1. The van der Waals surface area contributed by atoms with E-state index >= 15 is 0 Å². The Morgan fingerprint density at radius 2 is 2.27 bits per heavy atom. The van der Waals surface area contributed by atoms with E-state index in [1.54, 1.807) is 10.6 Å². The van der Waals surface area contributed by atoms with Crippen LogP contribution in [-0.4, -0.2) is 32.6 Å². The van der Waals surface area contributed by atoms with Gasteiger partial charge >= 0.3 is 5.97 Å². The lowest BCUT2D eigenvalue weighted by Gasteiger charge is -2.07. The number of carboxylic acid groups (broad SMARTS) is 1. The zero-order chi connectivity index (χ0) is 18.1. The van der Waals surface area contributed by atoms with Crippen molar-refractivity contribution < 1.29 is 19.4 Å². The molecule has 0 atom stereocenters. The van der Waals surface area contributed by atoms with Gasteiger partial charge in [-0.05, 0) is 29.1 Å². The number of fused-ring (bicyclic) bond motifs is 1. The number of hydrogen-bond donors (Lipinski definition) is 1. The standard InChI is InChI=1S/C16H12ClN3O4S2/c17-10-4-9(5-11-14(10)24-8-23-11)7-26-16-19-18-15(12-2-1-3-25-12)20(16)6-13(21)22/h1-5H,6-8H2,(H,21,22). The first-order valence-electron chi connectivity index (χ1n) is 7.51. The van der Waals surface area contributed by atoms with Gasteiger partial charge in [-0.15, -0.1) is 21.5 Å². The molecular weight excluding hydrogens is 398 g/mol. The lowest BCUT2D eigenvalue weighted by molar-refractivity contribution is -0.137. The van der Waals surface area contributed by atoms with E-state index in [2.05, 4.69) is 10.2 Å². The molecule has 2 aromatic heterocycles. The fourth-order valence-electron chi connectivity index (χ4n) is 2.51. The van der Waals surface area contributed by atoms with Crippen LogP contribution in [0.15, 0.2) is 34.8 Å². The molecule has 3 aromatic rings. The van der Waals surface area contributed by atoms with Gasteiger partial charge in [0.1, 0.15) is 6.54 Å². The third-order valence-electron chi connectivity index (χ3n) is 3.61. The Kier molecular flexibility index (Phi) is 4.75. The van der Waals surface area contributed by atoms with Gasteiger partial charge in [0, 0.05) is 5.75 Å². The number of carboxylic acids is 1. The molecule has 0 fully saturated rings. The molecule has 3 heterocycles. The molecule has 4 rings (SSSR count). The van der Waals surface area contributed by atoms with Gasteiger partial charge in [-0.3, -0.25) is 9.36 Å². The molecular formula is C16H12ClN3O4S2. The summed E-state index contributed by atoms with van der Waals surface area (Å²) in [6, 6.07) is 7.44. The molecule has 0 saturated carbocycles. The Morgan fingerprint density at radius 3 is 3.04 bits per heavy atom. The van der Waals surface area contributed by atoms with Gasteiger partial charge in [0.15, 0.2) is 22.5 Å². The van der Waals surface area contributed by atoms with Crippen LogP contribution in [0.5, 0.6) is 11.5 Å². The Bertz CT molecular complexity index is 959. The van der Waals surface area contributed by atoms with Crippen LogP contribution in [0.1, 0.15) is 5.56 Å². The highest BCUT2D eigenvalue weighted by Gasteiger charge is 2.20. The smallest absolute Gasteiger partial charge is 0.323 e. The summed E-state index contributed by atoms with van der Waals surface area (Å²) in [7, 11) is 0. The maximum absolute atomic E-state index is 11.3. The quantitative estimate of drug-likeness (QED) is 0.620. The molecule has 0 amide bonds. The number of aromatic nitrogens is 3. The highest BCUT2D eigenvalue weighted by Crippen LogP contribution is 2.41. The summed E-state index contributed by atoms with van der Waals surface area (Å²) < 4.78 is 12.3. The van der Waals surface area contributed by atoms with Gasteiger partial charge in [-0.1, -0.05) is 29.4 Å². The largest absolute Gasteiger partial charge is 0.480 e. The topological polar surface area (TPSA) is 86.5 Å². The predicted octanol–water partition coefficient (Wildman–Crippen LogP) is 3.77. The van der Waals surface area contributed by atoms with Crippen LogP contribution in [0.3, 0.4) is 0 Å². The van der Waals surface area contributed by atoms with Gasteiger partial charge in [0.2, 0.25) is 6.79 Å². The van der Waals surface area contributed by atoms with Crippen molar-refractivity contribution in [3.05, 3.63) is 40.2 Å². The SMILES string of the molecule is O=C(O)Cn1c(SCc2cc(Cl)c3c(c2)OCO3)nnc1-c1cccs1. The van der Waals surface area contributed by atoms with Gasteiger partial charge in [-0.2, -0.15) is 0 Å².